The Morgan fingerprint density at radius 1 is 1.32 bits per heavy atom. The Morgan fingerprint density at radius 3 is 2.58 bits per heavy atom. The van der Waals surface area contributed by atoms with Crippen LogP contribution in [-0.2, 0) is 0 Å². The van der Waals surface area contributed by atoms with Crippen molar-refractivity contribution >= 4 is 5.82 Å². The van der Waals surface area contributed by atoms with E-state index in [1.165, 1.54) is 24.9 Å². The molecule has 0 bridgehead atoms. The summed E-state index contributed by atoms with van der Waals surface area (Å²) in [6, 6.07) is 5.64. The largest absolute Gasteiger partial charge is 0.357 e. The van der Waals surface area contributed by atoms with Crippen LogP contribution in [0.2, 0.25) is 0 Å². The van der Waals surface area contributed by atoms with E-state index >= 15 is 0 Å². The van der Waals surface area contributed by atoms with Gasteiger partial charge in [0, 0.05) is 31.4 Å². The van der Waals surface area contributed by atoms with E-state index in [4.69, 9.17) is 0 Å². The molecule has 1 saturated heterocycles. The van der Waals surface area contributed by atoms with Crippen molar-refractivity contribution in [3.63, 3.8) is 0 Å². The Hall–Kier alpha value is -1.09. The second-order valence-electron chi connectivity index (χ2n) is 5.61. The van der Waals surface area contributed by atoms with Gasteiger partial charge in [0.05, 0.1) is 0 Å². The van der Waals surface area contributed by atoms with Gasteiger partial charge < -0.3 is 4.90 Å². The van der Waals surface area contributed by atoms with Crippen molar-refractivity contribution in [2.24, 2.45) is 0 Å². The molecule has 1 fully saturated rings. The molecule has 3 nitrogen and oxygen atoms in total. The number of nitrogens with zero attached hydrogens (tertiary/aromatic N) is 3. The molecule has 0 aliphatic carbocycles. The van der Waals surface area contributed by atoms with Crippen molar-refractivity contribution in [2.75, 3.05) is 24.5 Å². The predicted octanol–water partition coefficient (Wildman–Crippen LogP) is 3.47. The highest BCUT2D eigenvalue weighted by Gasteiger charge is 2.27. The van der Waals surface area contributed by atoms with E-state index in [9.17, 15) is 0 Å². The van der Waals surface area contributed by atoms with Gasteiger partial charge in [-0.2, -0.15) is 0 Å². The molecule has 1 aromatic rings. The first-order valence-electron chi connectivity index (χ1n) is 7.64. The standard InChI is InChI=1S/C16H27N3/c1-5-18(6-2)16-10-9-14(12-17-16)15-8-7-11-19(15)13(3)4/h9-10,12-13,15H,5-8,11H2,1-4H3. The van der Waals surface area contributed by atoms with Crippen LogP contribution in [0.25, 0.3) is 0 Å². The Balaban J connectivity index is 2.14. The molecule has 1 atom stereocenters. The Morgan fingerprint density at radius 2 is 2.05 bits per heavy atom. The summed E-state index contributed by atoms with van der Waals surface area (Å²) in [4.78, 5) is 9.54. The minimum absolute atomic E-state index is 0.568. The van der Waals surface area contributed by atoms with Crippen LogP contribution in [0.5, 0.6) is 0 Å². The number of pyridine rings is 1. The lowest BCUT2D eigenvalue weighted by Gasteiger charge is -2.28. The molecule has 0 N–H and O–H groups in total. The van der Waals surface area contributed by atoms with Gasteiger partial charge in [0.2, 0.25) is 0 Å². The van der Waals surface area contributed by atoms with Crippen molar-refractivity contribution < 1.29 is 0 Å². The molecular weight excluding hydrogens is 234 g/mol. The van der Waals surface area contributed by atoms with E-state index in [1.807, 2.05) is 0 Å². The monoisotopic (exact) mass is 261 g/mol. The quantitative estimate of drug-likeness (QED) is 0.809. The summed E-state index contributed by atoms with van der Waals surface area (Å²) < 4.78 is 0. The highest BCUT2D eigenvalue weighted by atomic mass is 15.2. The van der Waals surface area contributed by atoms with Crippen LogP contribution >= 0.6 is 0 Å². The molecule has 0 saturated carbocycles. The van der Waals surface area contributed by atoms with Crippen molar-refractivity contribution in [1.82, 2.24) is 9.88 Å². The Kier molecular flexibility index (Phi) is 4.81. The lowest BCUT2D eigenvalue weighted by molar-refractivity contribution is 0.205. The van der Waals surface area contributed by atoms with Gasteiger partial charge in [-0.1, -0.05) is 6.07 Å². The first-order valence-corrected chi connectivity index (χ1v) is 7.64. The molecule has 1 aliphatic rings. The maximum Gasteiger partial charge on any atom is 0.128 e. The van der Waals surface area contributed by atoms with Gasteiger partial charge in [-0.25, -0.2) is 4.98 Å². The van der Waals surface area contributed by atoms with E-state index < -0.39 is 0 Å². The van der Waals surface area contributed by atoms with Crippen LogP contribution in [0.4, 0.5) is 5.82 Å². The Labute approximate surface area is 117 Å². The predicted molar refractivity (Wildman–Crippen MR) is 81.6 cm³/mol. The normalized spacial score (nSPS) is 20.2. The van der Waals surface area contributed by atoms with Crippen molar-refractivity contribution in [1.29, 1.82) is 0 Å². The summed E-state index contributed by atoms with van der Waals surface area (Å²) in [5, 5.41) is 0. The molecule has 106 valence electrons. The molecule has 1 aliphatic heterocycles. The van der Waals surface area contributed by atoms with Crippen LogP contribution < -0.4 is 4.90 Å². The summed E-state index contributed by atoms with van der Waals surface area (Å²) >= 11 is 0. The van der Waals surface area contributed by atoms with Gasteiger partial charge >= 0.3 is 0 Å². The summed E-state index contributed by atoms with van der Waals surface area (Å²) in [7, 11) is 0. The summed E-state index contributed by atoms with van der Waals surface area (Å²) in [5.41, 5.74) is 1.38. The van der Waals surface area contributed by atoms with E-state index in [0.717, 1.165) is 18.9 Å². The molecule has 0 radical (unpaired) electrons. The molecule has 0 aromatic carbocycles. The van der Waals surface area contributed by atoms with E-state index in [-0.39, 0.29) is 0 Å². The third-order valence-electron chi connectivity index (χ3n) is 4.20. The number of likely N-dealkylation sites (tertiary alicyclic amines) is 1. The number of hydrogen-bond acceptors (Lipinski definition) is 3. The molecule has 2 rings (SSSR count). The molecule has 0 spiro atoms. The van der Waals surface area contributed by atoms with Crippen molar-refractivity contribution in [2.45, 2.75) is 52.6 Å². The third-order valence-corrected chi connectivity index (χ3v) is 4.20. The zero-order valence-corrected chi connectivity index (χ0v) is 12.8. The van der Waals surface area contributed by atoms with E-state index in [2.05, 4.69) is 60.8 Å². The smallest absolute Gasteiger partial charge is 0.128 e. The highest BCUT2D eigenvalue weighted by Crippen LogP contribution is 2.33. The van der Waals surface area contributed by atoms with E-state index in [1.54, 1.807) is 0 Å². The van der Waals surface area contributed by atoms with Gasteiger partial charge in [-0.05, 0) is 58.7 Å². The zero-order chi connectivity index (χ0) is 13.8. The van der Waals surface area contributed by atoms with Gasteiger partial charge in [0.1, 0.15) is 5.82 Å². The lowest BCUT2D eigenvalue weighted by Crippen LogP contribution is -2.30. The summed E-state index contributed by atoms with van der Waals surface area (Å²) in [6.45, 7) is 12.2. The molecule has 1 unspecified atom stereocenters. The fourth-order valence-electron chi connectivity index (χ4n) is 3.09. The molecule has 0 amide bonds. The van der Waals surface area contributed by atoms with Crippen molar-refractivity contribution in [3.8, 4) is 0 Å². The topological polar surface area (TPSA) is 19.4 Å². The Bertz CT molecular complexity index is 381. The van der Waals surface area contributed by atoms with Crippen LogP contribution in [-0.4, -0.2) is 35.6 Å². The maximum atomic E-state index is 4.66. The van der Waals surface area contributed by atoms with E-state index in [0.29, 0.717) is 12.1 Å². The van der Waals surface area contributed by atoms with Gasteiger partial charge in [-0.15, -0.1) is 0 Å². The molecule has 2 heterocycles. The average Bonchev–Trinajstić information content (AvgIpc) is 2.90. The van der Waals surface area contributed by atoms with Crippen LogP contribution in [0.1, 0.15) is 52.1 Å². The van der Waals surface area contributed by atoms with Crippen LogP contribution in [0.3, 0.4) is 0 Å². The van der Waals surface area contributed by atoms with Crippen LogP contribution in [0, 0.1) is 0 Å². The van der Waals surface area contributed by atoms with Gasteiger partial charge in [0.25, 0.3) is 0 Å². The number of anilines is 1. The second-order valence-corrected chi connectivity index (χ2v) is 5.61. The first kappa shape index (κ1) is 14.3. The summed E-state index contributed by atoms with van der Waals surface area (Å²) in [6.07, 6.45) is 4.66. The van der Waals surface area contributed by atoms with Gasteiger partial charge in [0.15, 0.2) is 0 Å². The summed E-state index contributed by atoms with van der Waals surface area (Å²) in [5.74, 6) is 1.10. The molecule has 1 aromatic heterocycles. The molecule has 19 heavy (non-hydrogen) atoms. The third kappa shape index (κ3) is 3.08. The number of aromatic nitrogens is 1. The number of hydrogen-bond donors (Lipinski definition) is 0. The van der Waals surface area contributed by atoms with Gasteiger partial charge in [-0.3, -0.25) is 4.90 Å². The lowest BCUT2D eigenvalue weighted by atomic mass is 10.1. The minimum Gasteiger partial charge on any atom is -0.357 e. The SMILES string of the molecule is CCN(CC)c1ccc(C2CCCN2C(C)C)cn1. The van der Waals surface area contributed by atoms with Crippen molar-refractivity contribution in [3.05, 3.63) is 23.9 Å². The minimum atomic E-state index is 0.568. The second kappa shape index (κ2) is 6.38. The van der Waals surface area contributed by atoms with Crippen LogP contribution in [0.15, 0.2) is 18.3 Å². The maximum absolute atomic E-state index is 4.66. The fraction of sp³-hybridized carbons (Fsp3) is 0.688. The molecule has 3 heteroatoms. The zero-order valence-electron chi connectivity index (χ0n) is 12.8. The fourth-order valence-corrected chi connectivity index (χ4v) is 3.09. The first-order chi connectivity index (χ1) is 9.17. The molecular formula is C16H27N3. The highest BCUT2D eigenvalue weighted by molar-refractivity contribution is 5.39. The average molecular weight is 261 g/mol. The number of rotatable bonds is 5.